The number of fused-ring (bicyclic) bond motifs is 1. The van der Waals surface area contributed by atoms with Gasteiger partial charge in [-0.05, 0) is 44.3 Å². The number of likely N-dealkylation sites (N-methyl/N-ethyl adjacent to an activating group) is 2. The first-order chi connectivity index (χ1) is 16.0. The van der Waals surface area contributed by atoms with Crippen LogP contribution in [-0.4, -0.2) is 61.5 Å². The van der Waals surface area contributed by atoms with Crippen LogP contribution in [0.15, 0.2) is 47.0 Å². The number of aromatic nitrogens is 2. The van der Waals surface area contributed by atoms with Crippen LogP contribution in [0.3, 0.4) is 0 Å². The number of ether oxygens (including phenoxy) is 3. The average Bonchev–Trinajstić information content (AvgIpc) is 3.26. The molecule has 1 aliphatic rings. The van der Waals surface area contributed by atoms with E-state index in [0.29, 0.717) is 30.4 Å². The summed E-state index contributed by atoms with van der Waals surface area (Å²) in [5, 5.41) is 4.01. The third-order valence-electron chi connectivity index (χ3n) is 5.33. The van der Waals surface area contributed by atoms with Crippen molar-refractivity contribution >= 4 is 5.69 Å². The van der Waals surface area contributed by atoms with Crippen LogP contribution in [0, 0.1) is 0 Å². The van der Waals surface area contributed by atoms with E-state index in [1.54, 1.807) is 6.07 Å². The Morgan fingerprint density at radius 2 is 2.03 bits per heavy atom. The summed E-state index contributed by atoms with van der Waals surface area (Å²) in [6.45, 7) is 1.99. The molecule has 2 heterocycles. The molecule has 0 fully saturated rings. The second kappa shape index (κ2) is 10.0. The van der Waals surface area contributed by atoms with Crippen LogP contribution in [0.2, 0.25) is 0 Å². The number of alkyl halides is 2. The molecule has 176 valence electrons. The van der Waals surface area contributed by atoms with Gasteiger partial charge in [0.15, 0.2) is 11.5 Å². The Labute approximate surface area is 190 Å². The van der Waals surface area contributed by atoms with Crippen molar-refractivity contribution in [1.82, 2.24) is 15.0 Å². The molecule has 0 bridgehead atoms. The van der Waals surface area contributed by atoms with Gasteiger partial charge in [-0.3, -0.25) is 4.90 Å². The fourth-order valence-corrected chi connectivity index (χ4v) is 3.85. The van der Waals surface area contributed by atoms with Crippen LogP contribution in [0.5, 0.6) is 17.2 Å². The van der Waals surface area contributed by atoms with Gasteiger partial charge in [-0.1, -0.05) is 17.3 Å². The second-order valence-corrected chi connectivity index (χ2v) is 7.70. The molecule has 0 unspecified atom stereocenters. The highest BCUT2D eigenvalue weighted by molar-refractivity contribution is 5.61. The zero-order chi connectivity index (χ0) is 23.4. The summed E-state index contributed by atoms with van der Waals surface area (Å²) in [7, 11) is 3.34. The Bertz CT molecular complexity index is 1080. The summed E-state index contributed by atoms with van der Waals surface area (Å²) in [5.41, 5.74) is 1.68. The van der Waals surface area contributed by atoms with Gasteiger partial charge in [0.1, 0.15) is 11.9 Å². The monoisotopic (exact) mass is 460 g/mol. The summed E-state index contributed by atoms with van der Waals surface area (Å²) in [4.78, 5) is 8.79. The van der Waals surface area contributed by atoms with Gasteiger partial charge in [-0.25, -0.2) is 0 Å². The second-order valence-electron chi connectivity index (χ2n) is 7.70. The number of halogens is 2. The number of hydrogen-bond acceptors (Lipinski definition) is 8. The first kappa shape index (κ1) is 22.8. The number of anilines is 1. The molecule has 33 heavy (non-hydrogen) atoms. The molecular weight excluding hydrogens is 434 g/mol. The van der Waals surface area contributed by atoms with Crippen molar-refractivity contribution in [2.24, 2.45) is 0 Å². The van der Waals surface area contributed by atoms with Crippen molar-refractivity contribution in [3.63, 3.8) is 0 Å². The first-order valence-electron chi connectivity index (χ1n) is 10.6. The maximum absolute atomic E-state index is 12.5. The van der Waals surface area contributed by atoms with Crippen LogP contribution in [0.25, 0.3) is 11.4 Å². The molecule has 4 rings (SSSR count). The largest absolute Gasteiger partial charge is 0.493 e. The lowest BCUT2D eigenvalue weighted by Crippen LogP contribution is -2.45. The van der Waals surface area contributed by atoms with E-state index in [1.165, 1.54) is 19.2 Å². The minimum atomic E-state index is -2.94. The van der Waals surface area contributed by atoms with Crippen molar-refractivity contribution in [3.05, 3.63) is 48.4 Å². The summed E-state index contributed by atoms with van der Waals surface area (Å²) < 4.78 is 46.2. The van der Waals surface area contributed by atoms with E-state index < -0.39 is 6.61 Å². The van der Waals surface area contributed by atoms with Crippen LogP contribution in [0.4, 0.5) is 14.5 Å². The highest BCUT2D eigenvalue weighted by atomic mass is 19.3. The maximum Gasteiger partial charge on any atom is 0.387 e. The molecule has 10 heteroatoms. The maximum atomic E-state index is 12.5. The molecule has 8 nitrogen and oxygen atoms in total. The molecule has 0 aliphatic carbocycles. The number of benzene rings is 2. The van der Waals surface area contributed by atoms with E-state index in [1.807, 2.05) is 25.2 Å². The van der Waals surface area contributed by atoms with E-state index in [9.17, 15) is 8.78 Å². The topological polar surface area (TPSA) is 73.1 Å². The van der Waals surface area contributed by atoms with Crippen molar-refractivity contribution in [2.45, 2.75) is 26.2 Å². The Kier molecular flexibility index (Phi) is 6.93. The van der Waals surface area contributed by atoms with E-state index >= 15 is 0 Å². The molecule has 1 atom stereocenters. The fraction of sp³-hybridized carbons (Fsp3) is 0.391. The molecule has 1 aromatic heterocycles. The van der Waals surface area contributed by atoms with Crippen LogP contribution >= 0.6 is 0 Å². The van der Waals surface area contributed by atoms with Gasteiger partial charge in [0, 0.05) is 18.7 Å². The number of rotatable bonds is 9. The summed E-state index contributed by atoms with van der Waals surface area (Å²) in [5.74, 6) is 1.75. The lowest BCUT2D eigenvalue weighted by molar-refractivity contribution is -0.0512. The van der Waals surface area contributed by atoms with E-state index in [2.05, 4.69) is 37.7 Å². The molecule has 0 N–H and O–H groups in total. The SMILES string of the molecule is CCN1C[C@H](CN(C)Cc2nc(-c3ccc(OC(F)F)c(OC)c3)no2)Oc2ccccc21. The van der Waals surface area contributed by atoms with Gasteiger partial charge in [-0.2, -0.15) is 13.8 Å². The third kappa shape index (κ3) is 5.33. The Morgan fingerprint density at radius 1 is 1.21 bits per heavy atom. The molecule has 0 saturated heterocycles. The lowest BCUT2D eigenvalue weighted by Gasteiger charge is -2.37. The van der Waals surface area contributed by atoms with Gasteiger partial charge in [-0.15, -0.1) is 0 Å². The zero-order valence-corrected chi connectivity index (χ0v) is 18.7. The Morgan fingerprint density at radius 3 is 2.79 bits per heavy atom. The van der Waals surface area contributed by atoms with Crippen molar-refractivity contribution in [1.29, 1.82) is 0 Å². The molecule has 1 aliphatic heterocycles. The Balaban J connectivity index is 1.40. The predicted octanol–water partition coefficient (Wildman–Crippen LogP) is 4.07. The normalized spacial score (nSPS) is 15.5. The fourth-order valence-electron chi connectivity index (χ4n) is 3.85. The minimum Gasteiger partial charge on any atom is -0.493 e. The van der Waals surface area contributed by atoms with Gasteiger partial charge in [0.05, 0.1) is 25.9 Å². The number of hydrogen-bond donors (Lipinski definition) is 0. The van der Waals surface area contributed by atoms with Gasteiger partial charge in [0.2, 0.25) is 11.7 Å². The minimum absolute atomic E-state index is 0.00104. The first-order valence-corrected chi connectivity index (χ1v) is 10.6. The van der Waals surface area contributed by atoms with Crippen molar-refractivity contribution in [2.75, 3.05) is 38.7 Å². The van der Waals surface area contributed by atoms with Gasteiger partial charge >= 0.3 is 6.61 Å². The van der Waals surface area contributed by atoms with E-state index in [0.717, 1.165) is 24.5 Å². The average molecular weight is 460 g/mol. The summed E-state index contributed by atoms with van der Waals surface area (Å²) in [6, 6.07) is 12.5. The van der Waals surface area contributed by atoms with Gasteiger partial charge in [0.25, 0.3) is 0 Å². The van der Waals surface area contributed by atoms with Crippen molar-refractivity contribution < 1.29 is 27.5 Å². The number of para-hydroxylation sites is 2. The molecular formula is C23H26F2N4O4. The third-order valence-corrected chi connectivity index (χ3v) is 5.33. The smallest absolute Gasteiger partial charge is 0.387 e. The van der Waals surface area contributed by atoms with E-state index in [4.69, 9.17) is 14.0 Å². The number of nitrogens with zero attached hydrogens (tertiary/aromatic N) is 4. The molecule has 3 aromatic rings. The Hall–Kier alpha value is -3.40. The standard InChI is InChI=1S/C23H26F2N4O4/c1-4-29-13-16(31-18-8-6-5-7-17(18)29)12-28(2)14-21-26-22(27-33-21)15-9-10-19(32-23(24)25)20(11-15)30-3/h5-11,16,23H,4,12-14H2,1-3H3/t16-/m0/s1. The van der Waals surface area contributed by atoms with Crippen LogP contribution < -0.4 is 19.1 Å². The lowest BCUT2D eigenvalue weighted by atomic mass is 10.2. The number of methoxy groups -OCH3 is 1. The van der Waals surface area contributed by atoms with Gasteiger partial charge < -0.3 is 23.6 Å². The molecule has 0 spiro atoms. The van der Waals surface area contributed by atoms with E-state index in [-0.39, 0.29) is 17.6 Å². The molecule has 0 radical (unpaired) electrons. The zero-order valence-electron chi connectivity index (χ0n) is 18.7. The predicted molar refractivity (Wildman–Crippen MR) is 118 cm³/mol. The van der Waals surface area contributed by atoms with Crippen molar-refractivity contribution in [3.8, 4) is 28.6 Å². The molecule has 2 aromatic carbocycles. The molecule has 0 saturated carbocycles. The van der Waals surface area contributed by atoms with Crippen LogP contribution in [-0.2, 0) is 6.54 Å². The highest BCUT2D eigenvalue weighted by Gasteiger charge is 2.26. The quantitative estimate of drug-likeness (QED) is 0.473. The highest BCUT2D eigenvalue weighted by Crippen LogP contribution is 2.34. The summed E-state index contributed by atoms with van der Waals surface area (Å²) in [6.07, 6.45) is -0.00104. The summed E-state index contributed by atoms with van der Waals surface area (Å²) >= 11 is 0. The van der Waals surface area contributed by atoms with Crippen LogP contribution in [0.1, 0.15) is 12.8 Å². The molecule has 0 amide bonds.